The molecule has 0 bridgehead atoms. The molecule has 2 atom stereocenters. The highest BCUT2D eigenvalue weighted by atomic mass is 19.1. The van der Waals surface area contributed by atoms with Crippen molar-refractivity contribution in [2.75, 3.05) is 12.4 Å². The van der Waals surface area contributed by atoms with Crippen LogP contribution in [0.15, 0.2) is 82.1 Å². The molecular weight excluding hydrogens is 461 g/mol. The third-order valence-electron chi connectivity index (χ3n) is 6.31. The lowest BCUT2D eigenvalue weighted by molar-refractivity contribution is -0.144. The topological polar surface area (TPSA) is 86.4 Å². The van der Waals surface area contributed by atoms with Gasteiger partial charge in [-0.1, -0.05) is 36.4 Å². The van der Waals surface area contributed by atoms with Crippen molar-refractivity contribution in [2.45, 2.75) is 25.9 Å². The van der Waals surface area contributed by atoms with E-state index < -0.39 is 23.4 Å². The summed E-state index contributed by atoms with van der Waals surface area (Å²) in [5.74, 6) is -1.15. The average Bonchev–Trinajstić information content (AvgIpc) is 3.27. The maximum atomic E-state index is 14.6. The van der Waals surface area contributed by atoms with Gasteiger partial charge in [-0.05, 0) is 49.7 Å². The molecular formula is C28H24FN3O4. The first-order chi connectivity index (χ1) is 17.4. The summed E-state index contributed by atoms with van der Waals surface area (Å²) in [6.45, 7) is 3.44. The fourth-order valence-corrected chi connectivity index (χ4v) is 4.37. The second-order valence-corrected chi connectivity index (χ2v) is 8.57. The molecule has 0 amide bonds. The third-order valence-corrected chi connectivity index (χ3v) is 6.31. The molecule has 0 fully saturated rings. The average molecular weight is 486 g/mol. The summed E-state index contributed by atoms with van der Waals surface area (Å²) < 4.78 is 26.5. The molecule has 1 unspecified atom stereocenters. The number of halogens is 1. The van der Waals surface area contributed by atoms with Crippen LogP contribution in [-0.2, 0) is 9.53 Å². The van der Waals surface area contributed by atoms with Crippen LogP contribution in [0.25, 0.3) is 33.3 Å². The summed E-state index contributed by atoms with van der Waals surface area (Å²) in [4.78, 5) is 30.3. The Morgan fingerprint density at radius 1 is 1.03 bits per heavy atom. The standard InChI is InChI=1S/C28H24FN3O4/c1-16(18-12-13-25-21(14-18)19-8-5-7-11-24(19)36-25)31-23-15-30-26(20-9-4-6-10-22(20)29)32(27(23)33)17(2)28(34)35-3/h4-17,31H,1-3H3/t16-,17?/m1/s1. The van der Waals surface area contributed by atoms with Gasteiger partial charge in [0, 0.05) is 16.8 Å². The predicted molar refractivity (Wildman–Crippen MR) is 136 cm³/mol. The second-order valence-electron chi connectivity index (χ2n) is 8.57. The molecule has 182 valence electrons. The van der Waals surface area contributed by atoms with Gasteiger partial charge >= 0.3 is 5.97 Å². The molecule has 36 heavy (non-hydrogen) atoms. The summed E-state index contributed by atoms with van der Waals surface area (Å²) in [7, 11) is 1.24. The van der Waals surface area contributed by atoms with Crippen LogP contribution in [0, 0.1) is 5.82 Å². The highest BCUT2D eigenvalue weighted by Gasteiger charge is 2.25. The van der Waals surface area contributed by atoms with Gasteiger partial charge in [0.25, 0.3) is 5.56 Å². The van der Waals surface area contributed by atoms with Gasteiger partial charge in [-0.15, -0.1) is 0 Å². The van der Waals surface area contributed by atoms with Crippen LogP contribution in [0.2, 0.25) is 0 Å². The number of benzene rings is 3. The maximum Gasteiger partial charge on any atom is 0.328 e. The summed E-state index contributed by atoms with van der Waals surface area (Å²) in [5, 5.41) is 5.18. The zero-order valence-electron chi connectivity index (χ0n) is 20.0. The molecule has 5 aromatic rings. The predicted octanol–water partition coefficient (Wildman–Crippen LogP) is 5.86. The van der Waals surface area contributed by atoms with E-state index in [-0.39, 0.29) is 23.1 Å². The van der Waals surface area contributed by atoms with E-state index in [0.717, 1.165) is 32.1 Å². The summed E-state index contributed by atoms with van der Waals surface area (Å²) in [6.07, 6.45) is 1.37. The minimum absolute atomic E-state index is 0.0421. The molecule has 0 saturated carbocycles. The Bertz CT molecular complexity index is 1660. The zero-order valence-corrected chi connectivity index (χ0v) is 20.0. The number of para-hydroxylation sites is 1. The first-order valence-corrected chi connectivity index (χ1v) is 11.5. The minimum atomic E-state index is -1.02. The number of carbonyl (C=O) groups is 1. The van der Waals surface area contributed by atoms with E-state index in [0.29, 0.717) is 0 Å². The number of rotatable bonds is 6. The number of esters is 1. The van der Waals surface area contributed by atoms with Crippen LogP contribution in [0.3, 0.4) is 0 Å². The molecule has 0 aliphatic rings. The molecule has 0 radical (unpaired) electrons. The van der Waals surface area contributed by atoms with Crippen molar-refractivity contribution in [2.24, 2.45) is 0 Å². The molecule has 2 heterocycles. The van der Waals surface area contributed by atoms with Crippen LogP contribution in [0.1, 0.15) is 31.5 Å². The van der Waals surface area contributed by atoms with Crippen molar-refractivity contribution in [3.8, 4) is 11.4 Å². The molecule has 2 aromatic heterocycles. The van der Waals surface area contributed by atoms with Gasteiger partial charge in [0.2, 0.25) is 0 Å². The molecule has 0 spiro atoms. The Morgan fingerprint density at radius 2 is 1.75 bits per heavy atom. The van der Waals surface area contributed by atoms with Crippen molar-refractivity contribution in [1.82, 2.24) is 9.55 Å². The van der Waals surface area contributed by atoms with Gasteiger partial charge in [-0.2, -0.15) is 0 Å². The number of furan rings is 1. The Labute approximate surface area is 206 Å². The number of ether oxygens (including phenoxy) is 1. The number of hydrogen-bond donors (Lipinski definition) is 1. The number of anilines is 1. The van der Waals surface area contributed by atoms with Crippen molar-refractivity contribution < 1.29 is 18.3 Å². The summed E-state index contributed by atoms with van der Waals surface area (Å²) >= 11 is 0. The minimum Gasteiger partial charge on any atom is -0.467 e. The number of fused-ring (bicyclic) bond motifs is 3. The Balaban J connectivity index is 1.56. The quantitative estimate of drug-likeness (QED) is 0.303. The first-order valence-electron chi connectivity index (χ1n) is 11.5. The van der Waals surface area contributed by atoms with Gasteiger partial charge in [0.15, 0.2) is 0 Å². The molecule has 1 N–H and O–H groups in total. The van der Waals surface area contributed by atoms with Crippen molar-refractivity contribution in [1.29, 1.82) is 0 Å². The van der Waals surface area contributed by atoms with E-state index >= 15 is 0 Å². The number of carbonyl (C=O) groups excluding carboxylic acids is 1. The van der Waals surface area contributed by atoms with Crippen molar-refractivity contribution in [3.63, 3.8) is 0 Å². The number of aromatic nitrogens is 2. The summed E-state index contributed by atoms with van der Waals surface area (Å²) in [6, 6.07) is 18.3. The zero-order chi connectivity index (χ0) is 25.4. The second kappa shape index (κ2) is 9.30. The number of nitrogens with zero attached hydrogens (tertiary/aromatic N) is 2. The number of methoxy groups -OCH3 is 1. The van der Waals surface area contributed by atoms with Gasteiger partial charge in [0.1, 0.15) is 34.5 Å². The fourth-order valence-electron chi connectivity index (χ4n) is 4.37. The van der Waals surface area contributed by atoms with Crippen molar-refractivity contribution in [3.05, 3.63) is 94.7 Å². The van der Waals surface area contributed by atoms with E-state index in [2.05, 4.69) is 10.3 Å². The van der Waals surface area contributed by atoms with Crippen LogP contribution in [-0.4, -0.2) is 22.6 Å². The fraction of sp³-hybridized carbons (Fsp3) is 0.179. The summed E-state index contributed by atoms with van der Waals surface area (Å²) in [5.41, 5.74) is 2.29. The highest BCUT2D eigenvalue weighted by molar-refractivity contribution is 6.05. The normalized spacial score (nSPS) is 13.0. The van der Waals surface area contributed by atoms with E-state index in [1.165, 1.54) is 32.4 Å². The molecule has 0 aliphatic carbocycles. The Kier molecular flexibility index (Phi) is 6.01. The van der Waals surface area contributed by atoms with Gasteiger partial charge in [-0.3, -0.25) is 9.36 Å². The highest BCUT2D eigenvalue weighted by Crippen LogP contribution is 2.31. The Morgan fingerprint density at radius 3 is 2.53 bits per heavy atom. The molecule has 0 aliphatic heterocycles. The maximum absolute atomic E-state index is 14.6. The van der Waals surface area contributed by atoms with Gasteiger partial charge < -0.3 is 14.5 Å². The largest absolute Gasteiger partial charge is 0.467 e. The SMILES string of the molecule is COC(=O)C(C)n1c(-c2ccccc2F)ncc(N[C@H](C)c2ccc3oc4ccccc4c3c2)c1=O. The van der Waals surface area contributed by atoms with E-state index in [1.54, 1.807) is 12.1 Å². The van der Waals surface area contributed by atoms with Crippen LogP contribution >= 0.6 is 0 Å². The van der Waals surface area contributed by atoms with E-state index in [1.807, 2.05) is 49.4 Å². The Hall–Kier alpha value is -4.46. The van der Waals surface area contributed by atoms with E-state index in [9.17, 15) is 14.0 Å². The first kappa shape index (κ1) is 23.3. The monoisotopic (exact) mass is 485 g/mol. The van der Waals surface area contributed by atoms with Crippen LogP contribution < -0.4 is 10.9 Å². The smallest absolute Gasteiger partial charge is 0.328 e. The molecule has 3 aromatic carbocycles. The van der Waals surface area contributed by atoms with Crippen molar-refractivity contribution >= 4 is 33.6 Å². The molecule has 8 heteroatoms. The lowest BCUT2D eigenvalue weighted by Gasteiger charge is -2.21. The molecule has 0 saturated heterocycles. The third kappa shape index (κ3) is 4.00. The lowest BCUT2D eigenvalue weighted by Crippen LogP contribution is -2.33. The molecule has 5 rings (SSSR count). The van der Waals surface area contributed by atoms with Gasteiger partial charge in [0.05, 0.1) is 18.9 Å². The molecule has 7 nitrogen and oxygen atoms in total. The lowest BCUT2D eigenvalue weighted by atomic mass is 10.0. The van der Waals surface area contributed by atoms with Gasteiger partial charge in [-0.25, -0.2) is 14.2 Å². The van der Waals surface area contributed by atoms with Crippen LogP contribution in [0.5, 0.6) is 0 Å². The number of hydrogen-bond acceptors (Lipinski definition) is 6. The van der Waals surface area contributed by atoms with E-state index in [4.69, 9.17) is 9.15 Å². The van der Waals surface area contributed by atoms with Crippen LogP contribution in [0.4, 0.5) is 10.1 Å². The number of nitrogens with one attached hydrogen (secondary N) is 1.